The largest absolute Gasteiger partial charge is 0.445 e. The molecule has 0 radical (unpaired) electrons. The van der Waals surface area contributed by atoms with Crippen molar-refractivity contribution in [2.75, 3.05) is 26.7 Å². The Morgan fingerprint density at radius 3 is 2.87 bits per heavy atom. The summed E-state index contributed by atoms with van der Waals surface area (Å²) in [4.78, 5) is 8.90. The third-order valence-electron chi connectivity index (χ3n) is 4.54. The third-order valence-corrected chi connectivity index (χ3v) is 4.54. The van der Waals surface area contributed by atoms with Crippen molar-refractivity contribution >= 4 is 0 Å². The molecule has 2 atom stereocenters. The molecule has 5 heteroatoms. The molecule has 0 spiro atoms. The smallest absolute Gasteiger partial charge is 0.208 e. The van der Waals surface area contributed by atoms with Crippen LogP contribution in [0.4, 0.5) is 0 Å². The summed E-state index contributed by atoms with van der Waals surface area (Å²) in [5.74, 6) is 1.63. The van der Waals surface area contributed by atoms with Crippen LogP contribution in [0.5, 0.6) is 0 Å². The van der Waals surface area contributed by atoms with Gasteiger partial charge in [-0.3, -0.25) is 9.80 Å². The fourth-order valence-electron chi connectivity index (χ4n) is 3.18. The van der Waals surface area contributed by atoms with Crippen LogP contribution >= 0.6 is 0 Å². The Kier molecular flexibility index (Phi) is 5.10. The highest BCUT2D eigenvalue weighted by Crippen LogP contribution is 2.20. The maximum atomic E-state index is 10.4. The van der Waals surface area contributed by atoms with E-state index >= 15 is 0 Å². The number of nitrogens with zero attached hydrogens (tertiary/aromatic N) is 3. The molecule has 2 aromatic rings. The first kappa shape index (κ1) is 16.2. The summed E-state index contributed by atoms with van der Waals surface area (Å²) in [7, 11) is 2.11. The number of β-amino-alcohol motifs (C(OH)–C–C–N with tert-alkyl or cyclic N) is 1. The molecule has 0 aliphatic carbocycles. The van der Waals surface area contributed by atoms with Crippen LogP contribution < -0.4 is 0 Å². The minimum absolute atomic E-state index is 0.422. The summed E-state index contributed by atoms with van der Waals surface area (Å²) in [6.07, 6.45) is 2.45. The van der Waals surface area contributed by atoms with Gasteiger partial charge in [-0.2, -0.15) is 0 Å². The Bertz CT molecular complexity index is 614. The lowest BCUT2D eigenvalue weighted by atomic mass is 10.1. The van der Waals surface area contributed by atoms with Crippen molar-refractivity contribution in [3.05, 3.63) is 53.7 Å². The fourth-order valence-corrected chi connectivity index (χ4v) is 3.18. The second kappa shape index (κ2) is 7.25. The number of oxazole rings is 1. The Labute approximate surface area is 137 Å². The molecule has 1 aliphatic heterocycles. The molecule has 3 rings (SSSR count). The minimum Gasteiger partial charge on any atom is -0.445 e. The van der Waals surface area contributed by atoms with E-state index in [1.54, 1.807) is 6.20 Å². The normalized spacial score (nSPS) is 20.3. The van der Waals surface area contributed by atoms with Crippen molar-refractivity contribution in [3.8, 4) is 0 Å². The topological polar surface area (TPSA) is 52.7 Å². The second-order valence-corrected chi connectivity index (χ2v) is 6.41. The predicted octanol–water partition coefficient (Wildman–Crippen LogP) is 2.22. The number of aryl methyl sites for hydroxylation is 1. The Morgan fingerprint density at radius 1 is 1.39 bits per heavy atom. The molecule has 5 nitrogen and oxygen atoms in total. The molecule has 0 bridgehead atoms. The molecule has 0 saturated carbocycles. The van der Waals surface area contributed by atoms with Crippen molar-refractivity contribution < 1.29 is 9.52 Å². The van der Waals surface area contributed by atoms with Gasteiger partial charge in [0, 0.05) is 19.1 Å². The molecular weight excluding hydrogens is 290 g/mol. The first-order valence-corrected chi connectivity index (χ1v) is 8.18. The summed E-state index contributed by atoms with van der Waals surface area (Å²) in [5.41, 5.74) is 0.986. The molecular formula is C18H25N3O2. The average Bonchev–Trinajstić information content (AvgIpc) is 3.17. The van der Waals surface area contributed by atoms with Crippen LogP contribution in [0.25, 0.3) is 0 Å². The number of aliphatic hydroxyl groups is 1. The lowest BCUT2D eigenvalue weighted by Gasteiger charge is -2.24. The Balaban J connectivity index is 1.50. The highest BCUT2D eigenvalue weighted by Gasteiger charge is 2.27. The van der Waals surface area contributed by atoms with Gasteiger partial charge in [-0.15, -0.1) is 0 Å². The fraction of sp³-hybridized carbons (Fsp3) is 0.500. The van der Waals surface area contributed by atoms with Gasteiger partial charge in [0.1, 0.15) is 5.76 Å². The molecule has 2 unspecified atom stereocenters. The van der Waals surface area contributed by atoms with Crippen LogP contribution in [0.2, 0.25) is 0 Å². The number of benzene rings is 1. The monoisotopic (exact) mass is 315 g/mol. The number of likely N-dealkylation sites (tertiary alicyclic amines) is 1. The number of likely N-dealkylation sites (N-methyl/N-ethyl adjacent to an activating group) is 1. The van der Waals surface area contributed by atoms with E-state index < -0.39 is 6.10 Å². The van der Waals surface area contributed by atoms with E-state index in [1.807, 2.05) is 37.3 Å². The van der Waals surface area contributed by atoms with Gasteiger partial charge in [-0.05, 0) is 32.5 Å². The van der Waals surface area contributed by atoms with Crippen LogP contribution in [-0.2, 0) is 6.54 Å². The van der Waals surface area contributed by atoms with Gasteiger partial charge >= 0.3 is 0 Å². The maximum Gasteiger partial charge on any atom is 0.208 e. The molecule has 1 fully saturated rings. The maximum absolute atomic E-state index is 10.4. The van der Waals surface area contributed by atoms with Gasteiger partial charge in [0.05, 0.1) is 18.8 Å². The molecule has 1 N–H and O–H groups in total. The van der Waals surface area contributed by atoms with Crippen molar-refractivity contribution in [2.45, 2.75) is 32.0 Å². The predicted molar refractivity (Wildman–Crippen MR) is 89.0 cm³/mol. The summed E-state index contributed by atoms with van der Waals surface area (Å²) in [6.45, 7) is 5.32. The van der Waals surface area contributed by atoms with Gasteiger partial charge < -0.3 is 9.52 Å². The van der Waals surface area contributed by atoms with Crippen molar-refractivity contribution in [1.29, 1.82) is 0 Å². The first-order valence-electron chi connectivity index (χ1n) is 8.18. The third kappa shape index (κ3) is 4.19. The standard InChI is InChI=1S/C18H25N3O2/c1-14-10-19-18(23-14)13-20(2)16-8-9-21(11-16)12-17(22)15-6-4-3-5-7-15/h3-7,10,16-17,22H,8-9,11-13H2,1-2H3. The van der Waals surface area contributed by atoms with E-state index in [1.165, 1.54) is 0 Å². The molecule has 0 amide bonds. The SMILES string of the molecule is Cc1cnc(CN(C)C2CCN(CC(O)c3ccccc3)C2)o1. The molecule has 1 aromatic heterocycles. The van der Waals surface area contributed by atoms with E-state index in [-0.39, 0.29) is 0 Å². The number of rotatable bonds is 6. The highest BCUT2D eigenvalue weighted by molar-refractivity contribution is 5.17. The number of hydrogen-bond acceptors (Lipinski definition) is 5. The van der Waals surface area contributed by atoms with Crippen LogP contribution in [-0.4, -0.2) is 52.6 Å². The summed E-state index contributed by atoms with van der Waals surface area (Å²) < 4.78 is 5.56. The van der Waals surface area contributed by atoms with E-state index in [0.717, 1.165) is 43.3 Å². The summed E-state index contributed by atoms with van der Waals surface area (Å²) >= 11 is 0. The number of hydrogen-bond donors (Lipinski definition) is 1. The van der Waals surface area contributed by atoms with Crippen molar-refractivity contribution in [3.63, 3.8) is 0 Å². The molecule has 1 saturated heterocycles. The van der Waals surface area contributed by atoms with Gasteiger partial charge in [-0.25, -0.2) is 4.98 Å². The van der Waals surface area contributed by atoms with Gasteiger partial charge in [0.25, 0.3) is 0 Å². The Hall–Kier alpha value is -1.69. The lowest BCUT2D eigenvalue weighted by Crippen LogP contribution is -2.35. The van der Waals surface area contributed by atoms with Gasteiger partial charge in [0.15, 0.2) is 0 Å². The van der Waals surface area contributed by atoms with Crippen LogP contribution in [0.15, 0.2) is 40.9 Å². The van der Waals surface area contributed by atoms with Crippen LogP contribution in [0.3, 0.4) is 0 Å². The quantitative estimate of drug-likeness (QED) is 0.886. The molecule has 124 valence electrons. The summed E-state index contributed by atoms with van der Waals surface area (Å²) in [5, 5.41) is 10.4. The second-order valence-electron chi connectivity index (χ2n) is 6.41. The number of aliphatic hydroxyl groups excluding tert-OH is 1. The van der Waals surface area contributed by atoms with E-state index in [9.17, 15) is 5.11 Å². The van der Waals surface area contributed by atoms with Gasteiger partial charge in [0.2, 0.25) is 5.89 Å². The minimum atomic E-state index is -0.422. The molecule has 2 heterocycles. The van der Waals surface area contributed by atoms with Crippen molar-refractivity contribution in [1.82, 2.24) is 14.8 Å². The van der Waals surface area contributed by atoms with E-state index in [0.29, 0.717) is 12.6 Å². The highest BCUT2D eigenvalue weighted by atomic mass is 16.4. The average molecular weight is 315 g/mol. The zero-order valence-corrected chi connectivity index (χ0v) is 13.9. The first-order chi connectivity index (χ1) is 11.1. The van der Waals surface area contributed by atoms with Crippen LogP contribution in [0, 0.1) is 6.92 Å². The van der Waals surface area contributed by atoms with E-state index in [2.05, 4.69) is 21.8 Å². The number of aromatic nitrogens is 1. The molecule has 23 heavy (non-hydrogen) atoms. The van der Waals surface area contributed by atoms with E-state index in [4.69, 9.17) is 4.42 Å². The molecule has 1 aromatic carbocycles. The van der Waals surface area contributed by atoms with Crippen molar-refractivity contribution in [2.24, 2.45) is 0 Å². The van der Waals surface area contributed by atoms with Gasteiger partial charge in [-0.1, -0.05) is 30.3 Å². The Morgan fingerprint density at radius 2 is 2.17 bits per heavy atom. The lowest BCUT2D eigenvalue weighted by molar-refractivity contribution is 0.119. The summed E-state index contributed by atoms with van der Waals surface area (Å²) in [6, 6.07) is 10.4. The zero-order valence-electron chi connectivity index (χ0n) is 13.9. The zero-order chi connectivity index (χ0) is 16.2. The molecule has 1 aliphatic rings. The van der Waals surface area contributed by atoms with Crippen LogP contribution in [0.1, 0.15) is 29.7 Å².